The highest BCUT2D eigenvalue weighted by Gasteiger charge is 2.15. The Morgan fingerprint density at radius 1 is 1.26 bits per heavy atom. The number of aliphatic imine (C=N–C) groups is 1. The summed E-state index contributed by atoms with van der Waals surface area (Å²) in [4.78, 5) is 6.81. The molecule has 27 heavy (non-hydrogen) atoms. The summed E-state index contributed by atoms with van der Waals surface area (Å²) in [6.45, 7) is 7.38. The molecule has 1 fully saturated rings. The molecule has 0 spiro atoms. The normalized spacial score (nSPS) is 17.3. The lowest BCUT2D eigenvalue weighted by Crippen LogP contribution is -2.41. The number of benzene rings is 1. The number of ether oxygens (including phenoxy) is 1. The lowest BCUT2D eigenvalue weighted by atomic mass is 9.99. The first kappa shape index (κ1) is 24.1. The van der Waals surface area contributed by atoms with Crippen LogP contribution in [-0.4, -0.2) is 57.7 Å². The number of hydrogen-bond donors (Lipinski definition) is 2. The molecule has 7 heteroatoms. The van der Waals surface area contributed by atoms with Gasteiger partial charge in [-0.1, -0.05) is 19.1 Å². The molecule has 1 unspecified atom stereocenters. The smallest absolute Gasteiger partial charge is 0.191 e. The number of likely N-dealkylation sites (tertiary alicyclic amines) is 1. The largest absolute Gasteiger partial charge is 0.375 e. The maximum absolute atomic E-state index is 13.1. The lowest BCUT2D eigenvalue weighted by molar-refractivity contribution is 0.106. The molecule has 1 aliphatic rings. The number of piperidine rings is 1. The molecule has 0 saturated carbocycles. The van der Waals surface area contributed by atoms with Crippen LogP contribution in [0, 0.1) is 11.7 Å². The molecule has 0 aliphatic carbocycles. The van der Waals surface area contributed by atoms with Gasteiger partial charge in [0.2, 0.25) is 0 Å². The highest BCUT2D eigenvalue weighted by atomic mass is 127. The zero-order chi connectivity index (χ0) is 18.8. The third-order valence-electron chi connectivity index (χ3n) is 5.02. The van der Waals surface area contributed by atoms with Crippen LogP contribution < -0.4 is 10.6 Å². The molecular formula is C20H34FIN4O. The van der Waals surface area contributed by atoms with Crippen molar-refractivity contribution >= 4 is 29.9 Å². The van der Waals surface area contributed by atoms with Gasteiger partial charge in [0.25, 0.3) is 0 Å². The van der Waals surface area contributed by atoms with Crippen molar-refractivity contribution in [1.82, 2.24) is 15.5 Å². The zero-order valence-electron chi connectivity index (χ0n) is 16.7. The van der Waals surface area contributed by atoms with Crippen LogP contribution in [0.4, 0.5) is 4.39 Å². The van der Waals surface area contributed by atoms with Crippen molar-refractivity contribution < 1.29 is 9.13 Å². The van der Waals surface area contributed by atoms with E-state index in [9.17, 15) is 4.39 Å². The molecule has 1 aromatic rings. The molecule has 1 saturated heterocycles. The predicted octanol–water partition coefficient (Wildman–Crippen LogP) is 3.42. The van der Waals surface area contributed by atoms with Gasteiger partial charge in [0.05, 0.1) is 6.10 Å². The van der Waals surface area contributed by atoms with Crippen molar-refractivity contribution in [3.05, 3.63) is 35.6 Å². The first-order valence-electron chi connectivity index (χ1n) is 9.57. The van der Waals surface area contributed by atoms with E-state index >= 15 is 0 Å². The third kappa shape index (κ3) is 8.74. The molecule has 5 nitrogen and oxygen atoms in total. The van der Waals surface area contributed by atoms with E-state index in [0.29, 0.717) is 6.54 Å². The van der Waals surface area contributed by atoms with Gasteiger partial charge in [-0.2, -0.15) is 0 Å². The van der Waals surface area contributed by atoms with Crippen molar-refractivity contribution in [1.29, 1.82) is 0 Å². The SMILES string of the molecule is CN=C(NCCCN1CCC(C)CC1)NCC(OC)c1ccc(F)cc1.I. The van der Waals surface area contributed by atoms with E-state index in [1.807, 2.05) is 0 Å². The Hall–Kier alpha value is -0.930. The number of rotatable bonds is 8. The van der Waals surface area contributed by atoms with Crippen LogP contribution in [0.15, 0.2) is 29.3 Å². The third-order valence-corrected chi connectivity index (χ3v) is 5.02. The van der Waals surface area contributed by atoms with E-state index in [4.69, 9.17) is 4.74 Å². The topological polar surface area (TPSA) is 48.9 Å². The first-order chi connectivity index (χ1) is 12.6. The van der Waals surface area contributed by atoms with Gasteiger partial charge in [-0.25, -0.2) is 4.39 Å². The minimum atomic E-state index is -0.239. The molecule has 1 atom stereocenters. The Balaban J connectivity index is 0.00000364. The zero-order valence-corrected chi connectivity index (χ0v) is 19.0. The fraction of sp³-hybridized carbons (Fsp3) is 0.650. The summed E-state index contributed by atoms with van der Waals surface area (Å²) in [5.41, 5.74) is 0.941. The number of nitrogens with one attached hydrogen (secondary N) is 2. The fourth-order valence-electron chi connectivity index (χ4n) is 3.22. The summed E-state index contributed by atoms with van der Waals surface area (Å²) in [6.07, 6.45) is 3.59. The first-order valence-corrected chi connectivity index (χ1v) is 9.57. The lowest BCUT2D eigenvalue weighted by Gasteiger charge is -2.30. The Morgan fingerprint density at radius 2 is 1.93 bits per heavy atom. The van der Waals surface area contributed by atoms with Crippen LogP contribution in [-0.2, 0) is 4.74 Å². The van der Waals surface area contributed by atoms with Gasteiger partial charge in [-0.15, -0.1) is 24.0 Å². The van der Waals surface area contributed by atoms with Crippen LogP contribution in [0.3, 0.4) is 0 Å². The minimum absolute atomic E-state index is 0. The highest BCUT2D eigenvalue weighted by molar-refractivity contribution is 14.0. The van der Waals surface area contributed by atoms with E-state index in [2.05, 4.69) is 27.4 Å². The van der Waals surface area contributed by atoms with Gasteiger partial charge in [0.15, 0.2) is 5.96 Å². The van der Waals surface area contributed by atoms with Gasteiger partial charge in [0.1, 0.15) is 5.82 Å². The van der Waals surface area contributed by atoms with E-state index in [1.165, 1.54) is 38.1 Å². The number of guanidine groups is 1. The van der Waals surface area contributed by atoms with E-state index in [1.54, 1.807) is 26.3 Å². The van der Waals surface area contributed by atoms with Gasteiger partial charge in [-0.05, 0) is 62.5 Å². The van der Waals surface area contributed by atoms with Crippen molar-refractivity contribution in [2.75, 3.05) is 46.9 Å². The maximum atomic E-state index is 13.1. The standard InChI is InChI=1S/C20H33FN4O.HI/c1-16-9-13-25(14-10-16)12-4-11-23-20(22-2)24-15-19(26-3)17-5-7-18(21)8-6-17;/h5-8,16,19H,4,9-15H2,1-3H3,(H2,22,23,24);1H. The van der Waals surface area contributed by atoms with Crippen LogP contribution in [0.1, 0.15) is 37.9 Å². The van der Waals surface area contributed by atoms with Crippen LogP contribution in [0.2, 0.25) is 0 Å². The second kappa shape index (κ2) is 13.3. The summed E-state index contributed by atoms with van der Waals surface area (Å²) in [7, 11) is 3.42. The summed E-state index contributed by atoms with van der Waals surface area (Å²) in [5.74, 6) is 1.40. The molecular weight excluding hydrogens is 458 g/mol. The van der Waals surface area contributed by atoms with E-state index in [0.717, 1.165) is 37.0 Å². The second-order valence-corrected chi connectivity index (χ2v) is 7.03. The van der Waals surface area contributed by atoms with Crippen LogP contribution in [0.25, 0.3) is 0 Å². The number of methoxy groups -OCH3 is 1. The molecule has 0 aromatic heterocycles. The number of nitrogens with zero attached hydrogens (tertiary/aromatic N) is 2. The second-order valence-electron chi connectivity index (χ2n) is 7.03. The molecule has 0 amide bonds. The number of hydrogen-bond acceptors (Lipinski definition) is 3. The predicted molar refractivity (Wildman–Crippen MR) is 120 cm³/mol. The monoisotopic (exact) mass is 492 g/mol. The van der Waals surface area contributed by atoms with Gasteiger partial charge in [0, 0.05) is 27.2 Å². The van der Waals surface area contributed by atoms with Crippen LogP contribution in [0.5, 0.6) is 0 Å². The maximum Gasteiger partial charge on any atom is 0.191 e. The van der Waals surface area contributed by atoms with Gasteiger partial charge in [-0.3, -0.25) is 4.99 Å². The minimum Gasteiger partial charge on any atom is -0.375 e. The quantitative estimate of drug-likeness (QED) is 0.253. The molecule has 0 bridgehead atoms. The average molecular weight is 492 g/mol. The van der Waals surface area contributed by atoms with E-state index < -0.39 is 0 Å². The van der Waals surface area contributed by atoms with Gasteiger partial charge < -0.3 is 20.3 Å². The van der Waals surface area contributed by atoms with Crippen molar-refractivity contribution in [3.8, 4) is 0 Å². The molecule has 1 aromatic carbocycles. The Morgan fingerprint density at radius 3 is 2.52 bits per heavy atom. The molecule has 1 aliphatic heterocycles. The van der Waals surface area contributed by atoms with Gasteiger partial charge >= 0.3 is 0 Å². The summed E-state index contributed by atoms with van der Waals surface area (Å²) < 4.78 is 18.6. The fourth-order valence-corrected chi connectivity index (χ4v) is 3.22. The highest BCUT2D eigenvalue weighted by Crippen LogP contribution is 2.16. The van der Waals surface area contributed by atoms with Crippen LogP contribution >= 0.6 is 24.0 Å². The molecule has 2 N–H and O–H groups in total. The van der Waals surface area contributed by atoms with Crippen molar-refractivity contribution in [3.63, 3.8) is 0 Å². The Kier molecular flexibility index (Phi) is 11.9. The van der Waals surface area contributed by atoms with E-state index in [-0.39, 0.29) is 35.9 Å². The summed E-state index contributed by atoms with van der Waals surface area (Å²) in [6, 6.07) is 6.41. The Labute approximate surface area is 180 Å². The summed E-state index contributed by atoms with van der Waals surface area (Å²) in [5, 5.41) is 6.64. The molecule has 154 valence electrons. The number of halogens is 2. The summed E-state index contributed by atoms with van der Waals surface area (Å²) >= 11 is 0. The average Bonchev–Trinajstić information content (AvgIpc) is 2.66. The van der Waals surface area contributed by atoms with Crippen molar-refractivity contribution in [2.45, 2.75) is 32.3 Å². The molecule has 0 radical (unpaired) electrons. The molecule has 1 heterocycles. The molecule has 2 rings (SSSR count). The Bertz CT molecular complexity index is 547. The van der Waals surface area contributed by atoms with Crippen molar-refractivity contribution in [2.24, 2.45) is 10.9 Å².